The zero-order valence-electron chi connectivity index (χ0n) is 23.7. The number of ether oxygens (including phenoxy) is 3. The Morgan fingerprint density at radius 2 is 1.15 bits per heavy atom. The third-order valence-corrected chi connectivity index (χ3v) is 6.34. The van der Waals surface area contributed by atoms with Gasteiger partial charge in [0.05, 0.1) is 7.11 Å². The predicted octanol–water partition coefficient (Wildman–Crippen LogP) is 7.13. The van der Waals surface area contributed by atoms with Crippen LogP contribution in [0.5, 0.6) is 17.2 Å². The zero-order valence-corrected chi connectivity index (χ0v) is 24.5. The van der Waals surface area contributed by atoms with Crippen LogP contribution >= 0.6 is 12.2 Å². The summed E-state index contributed by atoms with van der Waals surface area (Å²) >= 11 is 5.47. The van der Waals surface area contributed by atoms with E-state index < -0.39 is 0 Å². The van der Waals surface area contributed by atoms with Crippen LogP contribution in [0.1, 0.15) is 36.1 Å². The van der Waals surface area contributed by atoms with Crippen LogP contribution in [0.25, 0.3) is 0 Å². The Kier molecular flexibility index (Phi) is 13.4. The SMILES string of the molecule is CC.COc1ccccc1CCNC(=S)NCCc1ccc(OCc2ccccc2)c(OCc2ccccc2)c1. The van der Waals surface area contributed by atoms with E-state index >= 15 is 0 Å². The molecule has 0 atom stereocenters. The summed E-state index contributed by atoms with van der Waals surface area (Å²) in [7, 11) is 1.69. The molecule has 0 fully saturated rings. The number of methoxy groups -OCH3 is 1. The van der Waals surface area contributed by atoms with Gasteiger partial charge in [-0.2, -0.15) is 0 Å². The summed E-state index contributed by atoms with van der Waals surface area (Å²) in [6.45, 7) is 6.41. The molecule has 0 saturated heterocycles. The van der Waals surface area contributed by atoms with Gasteiger partial charge in [-0.05, 0) is 65.5 Å². The van der Waals surface area contributed by atoms with Crippen LogP contribution in [-0.2, 0) is 26.1 Å². The van der Waals surface area contributed by atoms with Gasteiger partial charge in [0.25, 0.3) is 0 Å². The number of hydrogen-bond acceptors (Lipinski definition) is 4. The maximum absolute atomic E-state index is 6.20. The van der Waals surface area contributed by atoms with Crippen LogP contribution in [0.3, 0.4) is 0 Å². The van der Waals surface area contributed by atoms with E-state index in [-0.39, 0.29) is 0 Å². The van der Waals surface area contributed by atoms with Crippen LogP contribution in [0, 0.1) is 0 Å². The van der Waals surface area contributed by atoms with Crippen molar-refractivity contribution >= 4 is 17.3 Å². The van der Waals surface area contributed by atoms with Crippen molar-refractivity contribution < 1.29 is 14.2 Å². The van der Waals surface area contributed by atoms with Crippen LogP contribution in [0.4, 0.5) is 0 Å². The van der Waals surface area contributed by atoms with Crippen molar-refractivity contribution in [1.29, 1.82) is 0 Å². The number of thiocarbonyl (C=S) groups is 1. The van der Waals surface area contributed by atoms with Crippen molar-refractivity contribution in [1.82, 2.24) is 10.6 Å². The van der Waals surface area contributed by atoms with Gasteiger partial charge in [-0.3, -0.25) is 0 Å². The van der Waals surface area contributed by atoms with Crippen LogP contribution < -0.4 is 24.8 Å². The minimum Gasteiger partial charge on any atom is -0.496 e. The minimum atomic E-state index is 0.477. The fourth-order valence-corrected chi connectivity index (χ4v) is 4.22. The molecular weight excluding hydrogens is 516 g/mol. The van der Waals surface area contributed by atoms with Gasteiger partial charge in [0.1, 0.15) is 19.0 Å². The number of nitrogens with one attached hydrogen (secondary N) is 2. The number of para-hydroxylation sites is 1. The fraction of sp³-hybridized carbons (Fsp3) is 0.265. The lowest BCUT2D eigenvalue weighted by Gasteiger charge is -2.15. The lowest BCUT2D eigenvalue weighted by Crippen LogP contribution is -2.37. The molecule has 0 spiro atoms. The maximum Gasteiger partial charge on any atom is 0.166 e. The average molecular weight is 557 g/mol. The molecule has 0 aliphatic heterocycles. The lowest BCUT2D eigenvalue weighted by atomic mass is 10.1. The molecule has 210 valence electrons. The zero-order chi connectivity index (χ0) is 28.4. The molecule has 40 heavy (non-hydrogen) atoms. The predicted molar refractivity (Wildman–Crippen MR) is 168 cm³/mol. The quantitative estimate of drug-likeness (QED) is 0.171. The Labute approximate surface area is 244 Å². The van der Waals surface area contributed by atoms with E-state index in [0.717, 1.165) is 58.9 Å². The Bertz CT molecular complexity index is 1280. The third-order valence-electron chi connectivity index (χ3n) is 6.05. The molecule has 0 amide bonds. The largest absolute Gasteiger partial charge is 0.496 e. The first kappa shape index (κ1) is 30.5. The van der Waals surface area contributed by atoms with Gasteiger partial charge >= 0.3 is 0 Å². The highest BCUT2D eigenvalue weighted by atomic mass is 32.1. The normalized spacial score (nSPS) is 10.1. The first-order chi connectivity index (χ1) is 19.7. The molecule has 0 aliphatic rings. The highest BCUT2D eigenvalue weighted by molar-refractivity contribution is 7.80. The topological polar surface area (TPSA) is 51.8 Å². The summed E-state index contributed by atoms with van der Waals surface area (Å²) in [5.74, 6) is 2.37. The monoisotopic (exact) mass is 556 g/mol. The first-order valence-electron chi connectivity index (χ1n) is 13.8. The molecule has 6 heteroatoms. The van der Waals surface area contributed by atoms with Crippen molar-refractivity contribution in [3.63, 3.8) is 0 Å². The summed E-state index contributed by atoms with van der Waals surface area (Å²) in [6.07, 6.45) is 1.63. The molecule has 0 bridgehead atoms. The molecule has 4 rings (SSSR count). The van der Waals surface area contributed by atoms with Crippen LogP contribution in [0.15, 0.2) is 103 Å². The highest BCUT2D eigenvalue weighted by Crippen LogP contribution is 2.30. The number of hydrogen-bond donors (Lipinski definition) is 2. The molecule has 0 radical (unpaired) electrons. The first-order valence-corrected chi connectivity index (χ1v) is 14.2. The summed E-state index contributed by atoms with van der Waals surface area (Å²) < 4.78 is 17.7. The minimum absolute atomic E-state index is 0.477. The van der Waals surface area contributed by atoms with Gasteiger partial charge in [-0.1, -0.05) is 98.8 Å². The Morgan fingerprint density at radius 1 is 0.600 bits per heavy atom. The van der Waals surface area contributed by atoms with Gasteiger partial charge in [0.15, 0.2) is 16.6 Å². The van der Waals surface area contributed by atoms with Crippen molar-refractivity contribution in [3.05, 3.63) is 125 Å². The smallest absolute Gasteiger partial charge is 0.166 e. The molecule has 0 aliphatic carbocycles. The van der Waals surface area contributed by atoms with E-state index in [4.69, 9.17) is 26.4 Å². The van der Waals surface area contributed by atoms with E-state index in [1.807, 2.05) is 74.5 Å². The third kappa shape index (κ3) is 10.3. The molecule has 4 aromatic rings. The van der Waals surface area contributed by atoms with Gasteiger partial charge in [0.2, 0.25) is 0 Å². The molecule has 0 aromatic heterocycles. The number of benzene rings is 4. The summed E-state index contributed by atoms with van der Waals surface area (Å²) in [5.41, 5.74) is 4.52. The molecular formula is C34H40N2O3S. The van der Waals surface area contributed by atoms with E-state index in [2.05, 4.69) is 53.1 Å². The summed E-state index contributed by atoms with van der Waals surface area (Å²) in [5, 5.41) is 7.22. The van der Waals surface area contributed by atoms with Crippen molar-refractivity contribution in [3.8, 4) is 17.2 Å². The van der Waals surface area contributed by atoms with Gasteiger partial charge in [-0.25, -0.2) is 0 Å². The van der Waals surface area contributed by atoms with E-state index in [1.165, 1.54) is 0 Å². The van der Waals surface area contributed by atoms with Crippen LogP contribution in [-0.4, -0.2) is 25.3 Å². The highest BCUT2D eigenvalue weighted by Gasteiger charge is 2.09. The van der Waals surface area contributed by atoms with Gasteiger partial charge in [0, 0.05) is 13.1 Å². The molecule has 0 unspecified atom stereocenters. The fourth-order valence-electron chi connectivity index (χ4n) is 4.01. The summed E-state index contributed by atoms with van der Waals surface area (Å²) in [4.78, 5) is 0. The molecule has 0 heterocycles. The van der Waals surface area contributed by atoms with Crippen LogP contribution in [0.2, 0.25) is 0 Å². The lowest BCUT2D eigenvalue weighted by molar-refractivity contribution is 0.255. The second-order valence-electron chi connectivity index (χ2n) is 8.82. The van der Waals surface area contributed by atoms with E-state index in [0.29, 0.717) is 24.9 Å². The second kappa shape index (κ2) is 17.5. The second-order valence-corrected chi connectivity index (χ2v) is 9.23. The van der Waals surface area contributed by atoms with Gasteiger partial charge < -0.3 is 24.8 Å². The van der Waals surface area contributed by atoms with Crippen molar-refractivity contribution in [2.45, 2.75) is 39.9 Å². The summed E-state index contributed by atoms with van der Waals surface area (Å²) in [6, 6.07) is 34.4. The maximum atomic E-state index is 6.20. The Balaban J connectivity index is 0.00000216. The molecule has 5 nitrogen and oxygen atoms in total. The Hall–Kier alpha value is -4.03. The van der Waals surface area contributed by atoms with Crippen molar-refractivity contribution in [2.75, 3.05) is 20.2 Å². The van der Waals surface area contributed by atoms with E-state index in [9.17, 15) is 0 Å². The molecule has 4 aromatic carbocycles. The molecule has 2 N–H and O–H groups in total. The standard InChI is InChI=1S/C32H34N2O3S.C2H6/c1-35-29-15-9-8-14-28(29)19-21-34-32(38)33-20-18-25-16-17-30(36-23-26-10-4-2-5-11-26)31(22-25)37-24-27-12-6-3-7-13-27;1-2/h2-17,22H,18-21,23-24H2,1H3,(H2,33,34,38);1-2H3. The number of rotatable bonds is 13. The van der Waals surface area contributed by atoms with E-state index in [1.54, 1.807) is 7.11 Å². The average Bonchev–Trinajstić information content (AvgIpc) is 3.01. The van der Waals surface area contributed by atoms with Crippen molar-refractivity contribution in [2.24, 2.45) is 0 Å². The molecule has 0 saturated carbocycles. The Morgan fingerprint density at radius 3 is 1.77 bits per heavy atom. The van der Waals surface area contributed by atoms with Gasteiger partial charge in [-0.15, -0.1) is 0 Å².